The summed E-state index contributed by atoms with van der Waals surface area (Å²) in [7, 11) is 0. The fraction of sp³-hybridized carbons (Fsp3) is 0.433. The minimum atomic E-state index is -4.44. The maximum Gasteiger partial charge on any atom is 0.416 e. The van der Waals surface area contributed by atoms with Crippen LogP contribution in [-0.2, 0) is 23.9 Å². The first kappa shape index (κ1) is 27.6. The molecule has 0 amide bonds. The number of nitrogens with one attached hydrogen (secondary N) is 2. The van der Waals surface area contributed by atoms with Crippen LogP contribution in [0.3, 0.4) is 0 Å². The number of aliphatic hydroxyl groups is 1. The van der Waals surface area contributed by atoms with E-state index in [1.54, 1.807) is 10.9 Å². The molecule has 2 atom stereocenters. The fourth-order valence-electron chi connectivity index (χ4n) is 6.35. The van der Waals surface area contributed by atoms with Gasteiger partial charge in [0, 0.05) is 65.8 Å². The molecule has 2 unspecified atom stereocenters. The molecule has 0 spiro atoms. The fourth-order valence-corrected chi connectivity index (χ4v) is 6.35. The van der Waals surface area contributed by atoms with Crippen LogP contribution in [-0.4, -0.2) is 67.8 Å². The van der Waals surface area contributed by atoms with E-state index in [4.69, 9.17) is 5.10 Å². The van der Waals surface area contributed by atoms with Crippen molar-refractivity contribution < 1.29 is 23.1 Å². The number of carbonyl (C=O) groups excluding carboxylic acids is 1. The van der Waals surface area contributed by atoms with Gasteiger partial charge >= 0.3 is 6.18 Å². The summed E-state index contributed by atoms with van der Waals surface area (Å²) in [5.74, 6) is 0.342. The van der Waals surface area contributed by atoms with E-state index < -0.39 is 23.9 Å². The van der Waals surface area contributed by atoms with Crippen LogP contribution in [0.5, 0.6) is 0 Å². The van der Waals surface area contributed by atoms with Gasteiger partial charge in [0.1, 0.15) is 0 Å². The van der Waals surface area contributed by atoms with Gasteiger partial charge in [-0.2, -0.15) is 18.3 Å². The molecule has 2 aliphatic heterocycles. The average molecular weight is 567 g/mol. The molecule has 0 radical (unpaired) electrons. The number of β-amino-alcohol motifs (C(OH)–C–C–N with tert-alkyl or cyclic N) is 1. The molecule has 6 rings (SSSR count). The summed E-state index contributed by atoms with van der Waals surface area (Å²) in [6, 6.07) is 6.24. The van der Waals surface area contributed by atoms with Crippen LogP contribution < -0.4 is 5.32 Å². The third kappa shape index (κ3) is 5.53. The van der Waals surface area contributed by atoms with Gasteiger partial charge in [-0.1, -0.05) is 12.1 Å². The molecule has 216 valence electrons. The molecule has 4 aromatic rings. The van der Waals surface area contributed by atoms with Crippen molar-refractivity contribution in [2.75, 3.05) is 26.2 Å². The number of hydrogen-bond donors (Lipinski definition) is 3. The highest BCUT2D eigenvalue weighted by molar-refractivity contribution is 5.86. The van der Waals surface area contributed by atoms with Crippen molar-refractivity contribution in [2.45, 2.75) is 57.0 Å². The number of H-pyrrole nitrogens is 1. The van der Waals surface area contributed by atoms with Crippen molar-refractivity contribution in [2.24, 2.45) is 0 Å². The summed E-state index contributed by atoms with van der Waals surface area (Å²) in [5.41, 5.74) is 4.15. The van der Waals surface area contributed by atoms with Crippen molar-refractivity contribution in [1.82, 2.24) is 30.0 Å². The van der Waals surface area contributed by atoms with Gasteiger partial charge in [0.15, 0.2) is 5.78 Å². The molecule has 3 N–H and O–H groups in total. The zero-order valence-corrected chi connectivity index (χ0v) is 22.8. The second kappa shape index (κ2) is 11.0. The number of aliphatic hydroxyl groups excluding tert-OH is 1. The van der Waals surface area contributed by atoms with E-state index in [9.17, 15) is 23.1 Å². The highest BCUT2D eigenvalue weighted by atomic mass is 19.4. The van der Waals surface area contributed by atoms with Gasteiger partial charge in [0.05, 0.1) is 29.9 Å². The number of ketones is 1. The Morgan fingerprint density at radius 1 is 1.15 bits per heavy atom. The van der Waals surface area contributed by atoms with Crippen LogP contribution in [0.2, 0.25) is 0 Å². The molecule has 11 heteroatoms. The van der Waals surface area contributed by atoms with Crippen LogP contribution in [0, 0.1) is 0 Å². The molecule has 3 aromatic heterocycles. The lowest BCUT2D eigenvalue weighted by Gasteiger charge is -2.33. The maximum absolute atomic E-state index is 13.1. The molecule has 5 heterocycles. The third-order valence-corrected chi connectivity index (χ3v) is 8.38. The average Bonchev–Trinajstić information content (AvgIpc) is 3.55. The van der Waals surface area contributed by atoms with Crippen molar-refractivity contribution in [3.63, 3.8) is 0 Å². The number of aromatic nitrogens is 4. The summed E-state index contributed by atoms with van der Waals surface area (Å²) in [6.45, 7) is 4.51. The molecule has 8 nitrogen and oxygen atoms in total. The minimum absolute atomic E-state index is 0.0898. The number of hydrogen-bond acceptors (Lipinski definition) is 6. The Labute approximate surface area is 235 Å². The van der Waals surface area contributed by atoms with E-state index in [2.05, 4.69) is 26.4 Å². The van der Waals surface area contributed by atoms with Crippen molar-refractivity contribution in [1.29, 1.82) is 0 Å². The summed E-state index contributed by atoms with van der Waals surface area (Å²) in [5, 5.41) is 20.2. The first-order valence-corrected chi connectivity index (χ1v) is 14.0. The molecular formula is C30H33F3N6O2. The van der Waals surface area contributed by atoms with Gasteiger partial charge in [-0.05, 0) is 62.5 Å². The lowest BCUT2D eigenvalue weighted by Crippen LogP contribution is -2.40. The van der Waals surface area contributed by atoms with Gasteiger partial charge in [0.25, 0.3) is 0 Å². The smallest absolute Gasteiger partial charge is 0.390 e. The van der Waals surface area contributed by atoms with E-state index in [1.165, 1.54) is 24.6 Å². The Morgan fingerprint density at radius 2 is 1.90 bits per heavy atom. The first-order chi connectivity index (χ1) is 19.7. The number of carbonyl (C=O) groups is 1. The molecule has 2 aliphatic rings. The monoisotopic (exact) mass is 566 g/mol. The number of Topliss-reactive ketones (excluding diaryl/α,β-unsaturated/α-hetero) is 1. The van der Waals surface area contributed by atoms with Gasteiger partial charge in [-0.25, -0.2) is 0 Å². The van der Waals surface area contributed by atoms with Crippen molar-refractivity contribution in [3.8, 4) is 11.3 Å². The Hall–Kier alpha value is -3.54. The highest BCUT2D eigenvalue weighted by Gasteiger charge is 2.34. The van der Waals surface area contributed by atoms with Crippen LogP contribution in [0.25, 0.3) is 22.2 Å². The van der Waals surface area contributed by atoms with E-state index in [0.717, 1.165) is 54.7 Å². The lowest BCUT2D eigenvalue weighted by molar-refractivity contribution is -0.137. The van der Waals surface area contributed by atoms with Crippen molar-refractivity contribution >= 4 is 16.7 Å². The number of pyridine rings is 1. The molecule has 1 saturated heterocycles. The number of alkyl halides is 3. The molecule has 0 saturated carbocycles. The lowest BCUT2D eigenvalue weighted by atomic mass is 9.89. The number of halogens is 3. The SMILES string of the molecule is CC(=O)C1NCCc2c1c(-c1ccc(C(F)(F)F)cc1)nn2CC(O)CN1CCC(c2c[nH]c3ccncc23)CC1. The second-order valence-corrected chi connectivity index (χ2v) is 11.1. The Balaban J connectivity index is 1.17. The number of piperidine rings is 1. The Kier molecular flexibility index (Phi) is 7.43. The summed E-state index contributed by atoms with van der Waals surface area (Å²) >= 11 is 0. The summed E-state index contributed by atoms with van der Waals surface area (Å²) in [4.78, 5) is 22.4. The number of nitrogens with zero attached hydrogens (tertiary/aromatic N) is 4. The minimum Gasteiger partial charge on any atom is -0.390 e. The highest BCUT2D eigenvalue weighted by Crippen LogP contribution is 2.37. The Bertz CT molecular complexity index is 1540. The predicted molar refractivity (Wildman–Crippen MR) is 148 cm³/mol. The topological polar surface area (TPSA) is 99.1 Å². The van der Waals surface area contributed by atoms with Crippen molar-refractivity contribution in [3.05, 3.63) is 71.3 Å². The molecule has 1 aromatic carbocycles. The van der Waals surface area contributed by atoms with Gasteiger partial charge in [-0.15, -0.1) is 0 Å². The number of aromatic amines is 1. The predicted octanol–water partition coefficient (Wildman–Crippen LogP) is 4.46. The zero-order valence-electron chi connectivity index (χ0n) is 22.8. The van der Waals surface area contributed by atoms with Gasteiger partial charge in [-0.3, -0.25) is 14.5 Å². The summed E-state index contributed by atoms with van der Waals surface area (Å²) in [6.07, 6.45) is 3.21. The Morgan fingerprint density at radius 3 is 2.61 bits per heavy atom. The molecule has 41 heavy (non-hydrogen) atoms. The van der Waals surface area contributed by atoms with E-state index in [0.29, 0.717) is 42.2 Å². The van der Waals surface area contributed by atoms with E-state index in [-0.39, 0.29) is 12.3 Å². The van der Waals surface area contributed by atoms with Crippen LogP contribution >= 0.6 is 0 Å². The van der Waals surface area contributed by atoms with Gasteiger partial charge < -0.3 is 20.3 Å². The number of fused-ring (bicyclic) bond motifs is 2. The summed E-state index contributed by atoms with van der Waals surface area (Å²) < 4.78 is 41.2. The standard InChI is InChI=1S/C30H33F3N6O2/c1-18(40)28-27-26(7-11-35-28)39(37-29(27)20-2-4-21(5-3-20)30(31,32)33)17-22(41)16-38-12-8-19(9-13-38)23-15-36-25-6-10-34-14-24(23)25/h2-6,10,14-15,19,22,28,35-36,41H,7-9,11-13,16-17H2,1H3. The maximum atomic E-state index is 13.1. The van der Waals surface area contributed by atoms with E-state index in [1.807, 2.05) is 12.3 Å². The number of likely N-dealkylation sites (tertiary alicyclic amines) is 1. The van der Waals surface area contributed by atoms with Gasteiger partial charge in [0.2, 0.25) is 0 Å². The molecule has 1 fully saturated rings. The van der Waals surface area contributed by atoms with Crippen LogP contribution in [0.15, 0.2) is 48.9 Å². The second-order valence-electron chi connectivity index (χ2n) is 11.1. The first-order valence-electron chi connectivity index (χ1n) is 14.0. The normalized spacial score (nSPS) is 19.4. The molecule has 0 aliphatic carbocycles. The van der Waals surface area contributed by atoms with Crippen LogP contribution in [0.1, 0.15) is 54.1 Å². The molecular weight excluding hydrogens is 533 g/mol. The number of rotatable bonds is 7. The quantitative estimate of drug-likeness (QED) is 0.306. The third-order valence-electron chi connectivity index (χ3n) is 8.38. The van der Waals surface area contributed by atoms with E-state index >= 15 is 0 Å². The molecule has 0 bridgehead atoms. The zero-order chi connectivity index (χ0) is 28.7. The number of benzene rings is 1. The largest absolute Gasteiger partial charge is 0.416 e. The van der Waals surface area contributed by atoms with Crippen LogP contribution in [0.4, 0.5) is 13.2 Å².